The van der Waals surface area contributed by atoms with E-state index < -0.39 is 21.8 Å². The first-order chi connectivity index (χ1) is 17.8. The lowest BCUT2D eigenvalue weighted by Crippen LogP contribution is -2.53. The standard InChI is InChI=1S/C25H32FN5O5S/c26-21-6-8-23(9-7-21)28-14-16-30(17-15-28)37(35,36)18-24(31(34)19-32)20-10-12-29(13-11-20)25(33)27-22-4-2-1-3-5-22/h1-9,19-20,24,34H,10-18H2,(H,27,33). The molecule has 2 saturated heterocycles. The highest BCUT2D eigenvalue weighted by molar-refractivity contribution is 7.89. The van der Waals surface area contributed by atoms with E-state index in [1.54, 1.807) is 29.2 Å². The largest absolute Gasteiger partial charge is 0.369 e. The molecule has 2 aromatic rings. The van der Waals surface area contributed by atoms with Crippen molar-refractivity contribution in [2.75, 3.05) is 55.2 Å². The Hall–Kier alpha value is -3.22. The summed E-state index contributed by atoms with van der Waals surface area (Å²) in [7, 11) is -3.78. The van der Waals surface area contributed by atoms with E-state index >= 15 is 0 Å². The highest BCUT2D eigenvalue weighted by Gasteiger charge is 2.37. The Bertz CT molecular complexity index is 1150. The summed E-state index contributed by atoms with van der Waals surface area (Å²) in [5.74, 6) is -1.02. The van der Waals surface area contributed by atoms with E-state index in [4.69, 9.17) is 0 Å². The zero-order valence-electron chi connectivity index (χ0n) is 20.4. The topological polar surface area (TPSA) is 114 Å². The molecule has 4 rings (SSSR count). The molecule has 2 heterocycles. The van der Waals surface area contributed by atoms with Crippen molar-refractivity contribution in [2.45, 2.75) is 18.9 Å². The second kappa shape index (κ2) is 11.9. The molecule has 10 nitrogen and oxygen atoms in total. The molecule has 0 radical (unpaired) electrons. The number of rotatable bonds is 8. The lowest BCUT2D eigenvalue weighted by atomic mass is 9.90. The maximum absolute atomic E-state index is 13.3. The van der Waals surface area contributed by atoms with Crippen LogP contribution in [0, 0.1) is 11.7 Å². The zero-order valence-corrected chi connectivity index (χ0v) is 21.3. The van der Waals surface area contributed by atoms with Gasteiger partial charge in [0.15, 0.2) is 0 Å². The third-order valence-electron chi connectivity index (χ3n) is 7.05. The summed E-state index contributed by atoms with van der Waals surface area (Å²) in [4.78, 5) is 27.6. The quantitative estimate of drug-likeness (QED) is 0.306. The second-order valence-electron chi connectivity index (χ2n) is 9.31. The molecular weight excluding hydrogens is 501 g/mol. The predicted octanol–water partition coefficient (Wildman–Crippen LogP) is 2.44. The van der Waals surface area contributed by atoms with Gasteiger partial charge in [-0.3, -0.25) is 10.0 Å². The molecule has 2 N–H and O–H groups in total. The number of nitrogens with zero attached hydrogens (tertiary/aromatic N) is 4. The summed E-state index contributed by atoms with van der Waals surface area (Å²) in [6.45, 7) is 2.14. The SMILES string of the molecule is O=CN(O)C(CS(=O)(=O)N1CCN(c2ccc(F)cc2)CC1)C1CCN(C(=O)Nc2ccccc2)CC1. The van der Waals surface area contributed by atoms with E-state index in [1.165, 1.54) is 16.4 Å². The van der Waals surface area contributed by atoms with Crippen LogP contribution in [0.3, 0.4) is 0 Å². The Labute approximate surface area is 216 Å². The van der Waals surface area contributed by atoms with Gasteiger partial charge in [-0.15, -0.1) is 0 Å². The van der Waals surface area contributed by atoms with Crippen molar-refractivity contribution in [2.24, 2.45) is 5.92 Å². The molecule has 12 heteroatoms. The highest BCUT2D eigenvalue weighted by Crippen LogP contribution is 2.26. The minimum atomic E-state index is -3.78. The van der Waals surface area contributed by atoms with Crippen LogP contribution in [0.1, 0.15) is 12.8 Å². The smallest absolute Gasteiger partial charge is 0.321 e. The van der Waals surface area contributed by atoms with Crippen LogP contribution >= 0.6 is 0 Å². The number of nitrogens with one attached hydrogen (secondary N) is 1. The van der Waals surface area contributed by atoms with Gasteiger partial charge in [-0.1, -0.05) is 18.2 Å². The molecule has 0 aromatic heterocycles. The number of hydroxylamine groups is 2. The monoisotopic (exact) mass is 533 g/mol. The Morgan fingerprint density at radius 3 is 2.24 bits per heavy atom. The number of piperazine rings is 1. The zero-order chi connectivity index (χ0) is 26.4. The van der Waals surface area contributed by atoms with Crippen LogP contribution in [0.5, 0.6) is 0 Å². The van der Waals surface area contributed by atoms with Crippen molar-refractivity contribution in [3.05, 3.63) is 60.4 Å². The number of urea groups is 1. The number of amides is 3. The van der Waals surface area contributed by atoms with Crippen molar-refractivity contribution in [1.29, 1.82) is 0 Å². The Morgan fingerprint density at radius 1 is 1.03 bits per heavy atom. The van der Waals surface area contributed by atoms with Crippen LogP contribution in [0.2, 0.25) is 0 Å². The van der Waals surface area contributed by atoms with E-state index in [-0.39, 0.29) is 37.3 Å². The molecule has 2 aromatic carbocycles. The molecule has 0 aliphatic carbocycles. The van der Waals surface area contributed by atoms with E-state index in [0.29, 0.717) is 49.8 Å². The average Bonchev–Trinajstić information content (AvgIpc) is 2.92. The van der Waals surface area contributed by atoms with Gasteiger partial charge in [0.1, 0.15) is 5.82 Å². The summed E-state index contributed by atoms with van der Waals surface area (Å²) in [5, 5.41) is 13.6. The molecule has 37 heavy (non-hydrogen) atoms. The summed E-state index contributed by atoms with van der Waals surface area (Å²) in [5.41, 5.74) is 1.50. The van der Waals surface area contributed by atoms with Crippen LogP contribution in [0.25, 0.3) is 0 Å². The maximum atomic E-state index is 13.3. The lowest BCUT2D eigenvalue weighted by molar-refractivity contribution is -0.164. The molecule has 2 aliphatic rings. The second-order valence-corrected chi connectivity index (χ2v) is 11.3. The molecule has 0 saturated carbocycles. The fourth-order valence-electron chi connectivity index (χ4n) is 4.92. The fraction of sp³-hybridized carbons (Fsp3) is 0.440. The van der Waals surface area contributed by atoms with Crippen molar-refractivity contribution >= 4 is 33.8 Å². The van der Waals surface area contributed by atoms with E-state index in [1.807, 2.05) is 23.1 Å². The molecule has 3 amide bonds. The third-order valence-corrected chi connectivity index (χ3v) is 8.96. The number of anilines is 2. The summed E-state index contributed by atoms with van der Waals surface area (Å²) in [6, 6.07) is 14.0. The molecule has 200 valence electrons. The first kappa shape index (κ1) is 26.8. The van der Waals surface area contributed by atoms with Crippen LogP contribution < -0.4 is 10.2 Å². The normalized spacial score (nSPS) is 18.3. The number of hydrogen-bond donors (Lipinski definition) is 2. The van der Waals surface area contributed by atoms with Gasteiger partial charge in [0.05, 0.1) is 11.8 Å². The number of hydrogen-bond acceptors (Lipinski definition) is 6. The first-order valence-corrected chi connectivity index (χ1v) is 13.9. The van der Waals surface area contributed by atoms with Crippen molar-refractivity contribution < 1.29 is 27.6 Å². The fourth-order valence-corrected chi connectivity index (χ4v) is 6.70. The Morgan fingerprint density at radius 2 is 1.65 bits per heavy atom. The van der Waals surface area contributed by atoms with Crippen LogP contribution in [0.4, 0.5) is 20.6 Å². The van der Waals surface area contributed by atoms with Gasteiger partial charge in [0, 0.05) is 50.6 Å². The predicted molar refractivity (Wildman–Crippen MR) is 137 cm³/mol. The number of benzene rings is 2. The van der Waals surface area contributed by atoms with Crippen molar-refractivity contribution in [1.82, 2.24) is 14.3 Å². The molecule has 1 unspecified atom stereocenters. The minimum Gasteiger partial charge on any atom is -0.369 e. The van der Waals surface area contributed by atoms with Gasteiger partial charge in [0.2, 0.25) is 16.4 Å². The summed E-state index contributed by atoms with van der Waals surface area (Å²) in [6.07, 6.45) is 1.14. The Kier molecular flexibility index (Phi) is 8.62. The summed E-state index contributed by atoms with van der Waals surface area (Å²) < 4.78 is 41.1. The van der Waals surface area contributed by atoms with Crippen molar-refractivity contribution in [3.63, 3.8) is 0 Å². The number of carbonyl (C=O) groups is 2. The molecule has 2 aliphatic heterocycles. The number of carbonyl (C=O) groups excluding carboxylic acids is 2. The van der Waals surface area contributed by atoms with Gasteiger partial charge in [-0.25, -0.2) is 22.7 Å². The van der Waals surface area contributed by atoms with Crippen LogP contribution in [-0.2, 0) is 14.8 Å². The lowest BCUT2D eigenvalue weighted by Gasteiger charge is -2.39. The minimum absolute atomic E-state index is 0.237. The number of piperidine rings is 1. The maximum Gasteiger partial charge on any atom is 0.321 e. The van der Waals surface area contributed by atoms with Crippen LogP contribution in [-0.4, -0.2) is 91.4 Å². The van der Waals surface area contributed by atoms with E-state index in [9.17, 15) is 27.6 Å². The van der Waals surface area contributed by atoms with Gasteiger partial charge in [-0.05, 0) is 55.2 Å². The highest BCUT2D eigenvalue weighted by atomic mass is 32.2. The number of likely N-dealkylation sites (tertiary alicyclic amines) is 1. The number of para-hydroxylation sites is 1. The molecule has 1 atom stereocenters. The number of halogens is 1. The molecule has 2 fully saturated rings. The molecule has 0 bridgehead atoms. The number of sulfonamides is 1. The summed E-state index contributed by atoms with van der Waals surface area (Å²) >= 11 is 0. The molecular formula is C25H32FN5O5S. The molecule has 0 spiro atoms. The van der Waals surface area contributed by atoms with Gasteiger partial charge < -0.3 is 15.1 Å². The van der Waals surface area contributed by atoms with E-state index in [0.717, 1.165) is 5.69 Å². The average molecular weight is 534 g/mol. The van der Waals surface area contributed by atoms with Crippen LogP contribution in [0.15, 0.2) is 54.6 Å². The first-order valence-electron chi connectivity index (χ1n) is 12.3. The van der Waals surface area contributed by atoms with Gasteiger partial charge >= 0.3 is 6.03 Å². The van der Waals surface area contributed by atoms with E-state index in [2.05, 4.69) is 5.32 Å². The Balaban J connectivity index is 1.33. The van der Waals surface area contributed by atoms with Gasteiger partial charge in [0.25, 0.3) is 0 Å². The van der Waals surface area contributed by atoms with Crippen molar-refractivity contribution in [3.8, 4) is 0 Å². The van der Waals surface area contributed by atoms with Gasteiger partial charge in [-0.2, -0.15) is 4.31 Å². The third kappa shape index (κ3) is 6.76.